The van der Waals surface area contributed by atoms with Crippen LogP contribution in [-0.4, -0.2) is 47.3 Å². The van der Waals surface area contributed by atoms with Gasteiger partial charge in [0.1, 0.15) is 17.9 Å². The van der Waals surface area contributed by atoms with Crippen molar-refractivity contribution in [1.82, 2.24) is 15.4 Å². The van der Waals surface area contributed by atoms with Gasteiger partial charge in [0.15, 0.2) is 0 Å². The number of nitrogens with zero attached hydrogens (tertiary/aromatic N) is 2. The molecule has 0 radical (unpaired) electrons. The average molecular weight is 365 g/mol. The lowest BCUT2D eigenvalue weighted by Crippen LogP contribution is -2.39. The summed E-state index contributed by atoms with van der Waals surface area (Å²) in [6.45, 7) is 7.83. The van der Waals surface area contributed by atoms with E-state index in [4.69, 9.17) is 9.57 Å². The SMILES string of the molecule is CCCNC(=O)c1ccc(C2=CCN(C(=O)OC(C)(C)C)OC2)c(F)n1. The topological polar surface area (TPSA) is 80.8 Å². The molecule has 1 aromatic rings. The molecule has 0 unspecified atom stereocenters. The zero-order valence-electron chi connectivity index (χ0n) is 15.5. The highest BCUT2D eigenvalue weighted by atomic mass is 19.1. The van der Waals surface area contributed by atoms with E-state index in [0.29, 0.717) is 12.1 Å². The van der Waals surface area contributed by atoms with Gasteiger partial charge in [-0.05, 0) is 44.9 Å². The second kappa shape index (κ2) is 8.27. The van der Waals surface area contributed by atoms with Crippen LogP contribution in [0.15, 0.2) is 18.2 Å². The summed E-state index contributed by atoms with van der Waals surface area (Å²) < 4.78 is 19.5. The van der Waals surface area contributed by atoms with Crippen LogP contribution in [-0.2, 0) is 9.57 Å². The van der Waals surface area contributed by atoms with Crippen LogP contribution in [0.2, 0.25) is 0 Å². The summed E-state index contributed by atoms with van der Waals surface area (Å²) in [6, 6.07) is 2.95. The molecule has 0 saturated carbocycles. The van der Waals surface area contributed by atoms with Crippen molar-refractivity contribution in [3.8, 4) is 0 Å². The van der Waals surface area contributed by atoms with Gasteiger partial charge in [0.05, 0.1) is 6.54 Å². The summed E-state index contributed by atoms with van der Waals surface area (Å²) in [6.07, 6.45) is 1.85. The summed E-state index contributed by atoms with van der Waals surface area (Å²) in [7, 11) is 0. The van der Waals surface area contributed by atoms with Gasteiger partial charge in [-0.1, -0.05) is 13.0 Å². The number of nitrogens with one attached hydrogen (secondary N) is 1. The van der Waals surface area contributed by atoms with Gasteiger partial charge >= 0.3 is 6.09 Å². The van der Waals surface area contributed by atoms with Gasteiger partial charge in [-0.25, -0.2) is 9.78 Å². The summed E-state index contributed by atoms with van der Waals surface area (Å²) in [5.41, 5.74) is 0.179. The average Bonchev–Trinajstić information content (AvgIpc) is 2.58. The number of hydrogen-bond donors (Lipinski definition) is 1. The number of pyridine rings is 1. The van der Waals surface area contributed by atoms with Crippen LogP contribution in [0.5, 0.6) is 0 Å². The number of hydroxylamine groups is 2. The van der Waals surface area contributed by atoms with Gasteiger partial charge in [-0.3, -0.25) is 9.63 Å². The molecule has 0 saturated heterocycles. The fraction of sp³-hybridized carbons (Fsp3) is 0.500. The molecule has 2 amide bonds. The first kappa shape index (κ1) is 19.8. The van der Waals surface area contributed by atoms with Crippen LogP contribution in [0.3, 0.4) is 0 Å². The predicted octanol–water partition coefficient (Wildman–Crippen LogP) is 2.93. The van der Waals surface area contributed by atoms with Gasteiger partial charge in [-0.2, -0.15) is 9.45 Å². The van der Waals surface area contributed by atoms with Crippen LogP contribution in [0.4, 0.5) is 9.18 Å². The minimum absolute atomic E-state index is 0.000773. The third kappa shape index (κ3) is 5.26. The van der Waals surface area contributed by atoms with E-state index in [-0.39, 0.29) is 24.4 Å². The van der Waals surface area contributed by atoms with Crippen LogP contribution in [0, 0.1) is 5.95 Å². The van der Waals surface area contributed by atoms with Crippen LogP contribution < -0.4 is 5.32 Å². The molecule has 0 fully saturated rings. The number of ether oxygens (including phenoxy) is 1. The van der Waals surface area contributed by atoms with Crippen molar-refractivity contribution in [3.63, 3.8) is 0 Å². The van der Waals surface area contributed by atoms with E-state index in [9.17, 15) is 14.0 Å². The maximum Gasteiger partial charge on any atom is 0.434 e. The first-order chi connectivity index (χ1) is 12.2. The number of amides is 2. The number of aromatic nitrogens is 1. The van der Waals surface area contributed by atoms with E-state index < -0.39 is 23.5 Å². The molecule has 1 N–H and O–H groups in total. The highest BCUT2D eigenvalue weighted by Crippen LogP contribution is 2.22. The molecular weight excluding hydrogens is 341 g/mol. The molecule has 26 heavy (non-hydrogen) atoms. The zero-order valence-corrected chi connectivity index (χ0v) is 15.5. The van der Waals surface area contributed by atoms with Gasteiger partial charge < -0.3 is 10.1 Å². The lowest BCUT2D eigenvalue weighted by molar-refractivity contribution is -0.133. The molecule has 2 heterocycles. The third-order valence-electron chi connectivity index (χ3n) is 3.44. The Labute approximate surface area is 152 Å². The van der Waals surface area contributed by atoms with Crippen molar-refractivity contribution in [3.05, 3.63) is 35.4 Å². The Morgan fingerprint density at radius 2 is 2.12 bits per heavy atom. The van der Waals surface area contributed by atoms with Gasteiger partial charge in [0.2, 0.25) is 5.95 Å². The molecule has 1 aliphatic heterocycles. The Bertz CT molecular complexity index is 713. The number of carbonyl (C=O) groups is 2. The van der Waals surface area contributed by atoms with Crippen molar-refractivity contribution in [2.24, 2.45) is 0 Å². The Morgan fingerprint density at radius 1 is 1.38 bits per heavy atom. The monoisotopic (exact) mass is 365 g/mol. The van der Waals surface area contributed by atoms with Crippen molar-refractivity contribution in [2.45, 2.75) is 39.7 Å². The minimum atomic E-state index is -0.755. The predicted molar refractivity (Wildman–Crippen MR) is 93.7 cm³/mol. The lowest BCUT2D eigenvalue weighted by Gasteiger charge is -2.28. The van der Waals surface area contributed by atoms with E-state index >= 15 is 0 Å². The van der Waals surface area contributed by atoms with Crippen molar-refractivity contribution < 1.29 is 23.6 Å². The first-order valence-electron chi connectivity index (χ1n) is 8.49. The van der Waals surface area contributed by atoms with Crippen LogP contribution in [0.1, 0.15) is 50.2 Å². The van der Waals surface area contributed by atoms with Crippen molar-refractivity contribution in [2.75, 3.05) is 19.7 Å². The first-order valence-corrected chi connectivity index (χ1v) is 8.49. The molecule has 1 aliphatic rings. The molecule has 0 atom stereocenters. The number of hydrogen-bond acceptors (Lipinski definition) is 5. The molecule has 0 aromatic carbocycles. The second-order valence-corrected chi connectivity index (χ2v) is 6.83. The van der Waals surface area contributed by atoms with Crippen molar-refractivity contribution >= 4 is 17.6 Å². The van der Waals surface area contributed by atoms with Crippen molar-refractivity contribution in [1.29, 1.82) is 0 Å². The Kier molecular flexibility index (Phi) is 6.31. The molecule has 0 spiro atoms. The smallest absolute Gasteiger partial charge is 0.434 e. The molecule has 8 heteroatoms. The molecular formula is C18H24FN3O4. The largest absolute Gasteiger partial charge is 0.442 e. The van der Waals surface area contributed by atoms with E-state index in [0.717, 1.165) is 11.5 Å². The normalized spacial score (nSPS) is 14.7. The molecule has 0 aliphatic carbocycles. The van der Waals surface area contributed by atoms with Gasteiger partial charge in [0.25, 0.3) is 5.91 Å². The summed E-state index contributed by atoms with van der Waals surface area (Å²) in [4.78, 5) is 32.9. The summed E-state index contributed by atoms with van der Waals surface area (Å²) >= 11 is 0. The fourth-order valence-electron chi connectivity index (χ4n) is 2.21. The molecule has 0 bridgehead atoms. The van der Waals surface area contributed by atoms with E-state index in [2.05, 4.69) is 10.3 Å². The third-order valence-corrected chi connectivity index (χ3v) is 3.44. The Hall–Kier alpha value is -2.48. The molecule has 1 aromatic heterocycles. The number of carbonyl (C=O) groups excluding carboxylic acids is 2. The lowest BCUT2D eigenvalue weighted by atomic mass is 10.1. The summed E-state index contributed by atoms with van der Waals surface area (Å²) in [5, 5.41) is 3.72. The standard InChI is InChI=1S/C18H24FN3O4/c1-5-9-20-16(23)14-7-6-13(15(19)21-14)12-8-10-22(25-11-12)17(24)26-18(2,3)4/h6-8H,5,9-11H2,1-4H3,(H,20,23). The quantitative estimate of drug-likeness (QED) is 0.830. The maximum atomic E-state index is 14.3. The molecule has 2 rings (SSSR count). The number of rotatable bonds is 4. The van der Waals surface area contributed by atoms with E-state index in [1.54, 1.807) is 26.8 Å². The van der Waals surface area contributed by atoms with Crippen LogP contribution >= 0.6 is 0 Å². The van der Waals surface area contributed by atoms with Crippen LogP contribution in [0.25, 0.3) is 5.57 Å². The summed E-state index contributed by atoms with van der Waals surface area (Å²) in [5.74, 6) is -1.17. The molecule has 7 nitrogen and oxygen atoms in total. The Morgan fingerprint density at radius 3 is 2.65 bits per heavy atom. The minimum Gasteiger partial charge on any atom is -0.442 e. The van der Waals surface area contributed by atoms with E-state index in [1.807, 2.05) is 6.92 Å². The highest BCUT2D eigenvalue weighted by molar-refractivity contribution is 5.92. The fourth-order valence-corrected chi connectivity index (χ4v) is 2.21. The molecule has 142 valence electrons. The number of halogens is 1. The van der Waals surface area contributed by atoms with Gasteiger partial charge in [0, 0.05) is 12.1 Å². The zero-order chi connectivity index (χ0) is 19.3. The Balaban J connectivity index is 2.06. The van der Waals surface area contributed by atoms with E-state index in [1.165, 1.54) is 12.1 Å². The van der Waals surface area contributed by atoms with Gasteiger partial charge in [-0.15, -0.1) is 0 Å². The highest BCUT2D eigenvalue weighted by Gasteiger charge is 2.26. The second-order valence-electron chi connectivity index (χ2n) is 6.83. The maximum absolute atomic E-state index is 14.3.